The Kier molecular flexibility index (Phi) is 6.06. The van der Waals surface area contributed by atoms with Crippen LogP contribution < -0.4 is 20.0 Å². The number of halogens is 1. The minimum Gasteiger partial charge on any atom is -0.496 e. The molecule has 0 N–H and O–H groups in total. The van der Waals surface area contributed by atoms with Crippen LogP contribution in [0.1, 0.15) is 22.6 Å². The lowest BCUT2D eigenvalue weighted by atomic mass is 9.84. The van der Waals surface area contributed by atoms with Crippen LogP contribution in [0.15, 0.2) is 82.3 Å². The maximum absolute atomic E-state index is 13.7. The van der Waals surface area contributed by atoms with Crippen LogP contribution >= 0.6 is 11.6 Å². The number of para-hydroxylation sites is 1. The number of nitrogens with zero attached hydrogens (tertiary/aromatic N) is 5. The Morgan fingerprint density at radius 2 is 1.81 bits per heavy atom. The molecule has 2 aliphatic heterocycles. The van der Waals surface area contributed by atoms with Gasteiger partial charge in [0.25, 0.3) is 0 Å². The summed E-state index contributed by atoms with van der Waals surface area (Å²) < 4.78 is 24.9. The van der Waals surface area contributed by atoms with Crippen molar-refractivity contribution in [3.05, 3.63) is 105 Å². The van der Waals surface area contributed by atoms with Crippen molar-refractivity contribution in [2.75, 3.05) is 38.3 Å². The van der Waals surface area contributed by atoms with E-state index in [0.29, 0.717) is 74.7 Å². The van der Waals surface area contributed by atoms with Crippen molar-refractivity contribution in [2.24, 2.45) is 0 Å². The van der Waals surface area contributed by atoms with Crippen LogP contribution in [0.3, 0.4) is 0 Å². The second-order valence-electron chi connectivity index (χ2n) is 10.4. The molecular formula is C32H24ClN5O5. The van der Waals surface area contributed by atoms with Gasteiger partial charge in [0.2, 0.25) is 5.88 Å². The van der Waals surface area contributed by atoms with Crippen molar-refractivity contribution >= 4 is 33.9 Å². The molecule has 11 heteroatoms. The second-order valence-corrected chi connectivity index (χ2v) is 10.8. The summed E-state index contributed by atoms with van der Waals surface area (Å²) in [6, 6.07) is 20.8. The molecule has 6 aromatic rings. The highest BCUT2D eigenvalue weighted by atomic mass is 35.5. The number of aromatic nitrogens is 4. The fourth-order valence-corrected chi connectivity index (χ4v) is 6.10. The fraction of sp³-hybridized carbons (Fsp3) is 0.188. The molecule has 10 nitrogen and oxygen atoms in total. The highest BCUT2D eigenvalue weighted by molar-refractivity contribution is 6.30. The SMILES string of the molecule is COc1ccc(Cl)cc1-c1nc2c3c(ncn2n1)Oc1c(c(=O)oc2ccccc12)C3c1ccc(N2CCOCC2)cc1. The van der Waals surface area contributed by atoms with Gasteiger partial charge in [0.05, 0.1) is 48.3 Å². The molecule has 3 aromatic carbocycles. The van der Waals surface area contributed by atoms with Crippen molar-refractivity contribution < 1.29 is 18.6 Å². The molecule has 1 unspecified atom stereocenters. The highest BCUT2D eigenvalue weighted by Gasteiger charge is 2.37. The first kappa shape index (κ1) is 25.8. The summed E-state index contributed by atoms with van der Waals surface area (Å²) in [6.45, 7) is 3.01. The quantitative estimate of drug-likeness (QED) is 0.238. The van der Waals surface area contributed by atoms with Crippen LogP contribution in [0.5, 0.6) is 17.4 Å². The van der Waals surface area contributed by atoms with Crippen LogP contribution in [0.4, 0.5) is 5.69 Å². The number of hydrogen-bond donors (Lipinski definition) is 0. The third-order valence-corrected chi connectivity index (χ3v) is 8.20. The van der Waals surface area contributed by atoms with Gasteiger partial charge in [-0.3, -0.25) is 0 Å². The van der Waals surface area contributed by atoms with E-state index in [9.17, 15) is 4.79 Å². The lowest BCUT2D eigenvalue weighted by molar-refractivity contribution is 0.122. The monoisotopic (exact) mass is 593 g/mol. The molecule has 0 amide bonds. The summed E-state index contributed by atoms with van der Waals surface area (Å²) in [5.41, 5.74) is 4.00. The van der Waals surface area contributed by atoms with Crippen LogP contribution in [0.25, 0.3) is 28.0 Å². The van der Waals surface area contributed by atoms with Crippen LogP contribution in [0, 0.1) is 0 Å². The molecule has 3 aromatic heterocycles. The molecule has 5 heterocycles. The topological polar surface area (TPSA) is 104 Å². The number of rotatable bonds is 4. The molecule has 0 radical (unpaired) electrons. The van der Waals surface area contributed by atoms with E-state index < -0.39 is 11.5 Å². The zero-order valence-corrected chi connectivity index (χ0v) is 23.7. The molecule has 8 rings (SSSR count). The predicted octanol–water partition coefficient (Wildman–Crippen LogP) is 5.68. The maximum Gasteiger partial charge on any atom is 0.344 e. The summed E-state index contributed by atoms with van der Waals surface area (Å²) in [6.07, 6.45) is 1.55. The van der Waals surface area contributed by atoms with E-state index in [0.717, 1.165) is 24.3 Å². The van der Waals surface area contributed by atoms with Gasteiger partial charge in [-0.1, -0.05) is 35.9 Å². The molecule has 1 atom stereocenters. The number of anilines is 1. The van der Waals surface area contributed by atoms with E-state index in [1.807, 2.05) is 30.3 Å². The normalized spacial score (nSPS) is 16.1. The van der Waals surface area contributed by atoms with E-state index in [-0.39, 0.29) is 0 Å². The Balaban J connectivity index is 1.36. The maximum atomic E-state index is 13.7. The molecular weight excluding hydrogens is 570 g/mol. The van der Waals surface area contributed by atoms with Gasteiger partial charge in [0.1, 0.15) is 17.7 Å². The van der Waals surface area contributed by atoms with Gasteiger partial charge in [-0.15, -0.1) is 5.10 Å². The number of ether oxygens (including phenoxy) is 3. The van der Waals surface area contributed by atoms with Gasteiger partial charge < -0.3 is 23.5 Å². The Morgan fingerprint density at radius 3 is 2.63 bits per heavy atom. The lowest BCUT2D eigenvalue weighted by Crippen LogP contribution is -2.36. The number of fused-ring (bicyclic) bond motifs is 6. The number of methoxy groups -OCH3 is 1. The van der Waals surface area contributed by atoms with E-state index in [1.165, 1.54) is 0 Å². The minimum absolute atomic E-state index is 0.343. The predicted molar refractivity (Wildman–Crippen MR) is 161 cm³/mol. The first-order chi connectivity index (χ1) is 21.1. The molecule has 0 bridgehead atoms. The third kappa shape index (κ3) is 4.21. The molecule has 0 saturated carbocycles. The van der Waals surface area contributed by atoms with Crippen molar-refractivity contribution in [3.8, 4) is 28.8 Å². The highest BCUT2D eigenvalue weighted by Crippen LogP contribution is 2.49. The Bertz CT molecular complexity index is 2090. The van der Waals surface area contributed by atoms with Gasteiger partial charge in [0.15, 0.2) is 17.2 Å². The van der Waals surface area contributed by atoms with Crippen LogP contribution in [0.2, 0.25) is 5.02 Å². The standard InChI is InChI=1S/C32H24ClN5O5/c1-40-23-11-8-19(33)16-22(23)29-35-30-27-25(18-6-9-20(10-7-18)37-12-14-41-15-13-37)26-28(43-31(27)34-17-38(30)36-29)21-4-2-3-5-24(21)42-32(26)39/h2-11,16-17,25H,12-15H2,1H3. The smallest absolute Gasteiger partial charge is 0.344 e. The van der Waals surface area contributed by atoms with Gasteiger partial charge in [-0.05, 0) is 48.0 Å². The summed E-state index contributed by atoms with van der Waals surface area (Å²) in [5.74, 6) is 1.15. The van der Waals surface area contributed by atoms with Crippen molar-refractivity contribution in [2.45, 2.75) is 5.92 Å². The minimum atomic E-state index is -0.590. The first-order valence-electron chi connectivity index (χ1n) is 13.8. The number of hydrogen-bond acceptors (Lipinski definition) is 9. The number of benzene rings is 3. The van der Waals surface area contributed by atoms with E-state index in [1.54, 1.807) is 42.2 Å². The Morgan fingerprint density at radius 1 is 1.00 bits per heavy atom. The Hall–Kier alpha value is -4.93. The van der Waals surface area contributed by atoms with Gasteiger partial charge in [-0.2, -0.15) is 0 Å². The average molecular weight is 594 g/mol. The summed E-state index contributed by atoms with van der Waals surface area (Å²) in [7, 11) is 1.58. The van der Waals surface area contributed by atoms with Gasteiger partial charge >= 0.3 is 5.63 Å². The molecule has 0 aliphatic carbocycles. The lowest BCUT2D eigenvalue weighted by Gasteiger charge is -2.30. The van der Waals surface area contributed by atoms with Gasteiger partial charge in [0, 0.05) is 23.8 Å². The molecule has 1 fully saturated rings. The van der Waals surface area contributed by atoms with Crippen LogP contribution in [-0.2, 0) is 4.74 Å². The van der Waals surface area contributed by atoms with Crippen molar-refractivity contribution in [3.63, 3.8) is 0 Å². The largest absolute Gasteiger partial charge is 0.496 e. The van der Waals surface area contributed by atoms with Crippen LogP contribution in [-0.4, -0.2) is 53.0 Å². The van der Waals surface area contributed by atoms with Gasteiger partial charge in [-0.25, -0.2) is 19.3 Å². The third-order valence-electron chi connectivity index (χ3n) is 7.97. The summed E-state index contributed by atoms with van der Waals surface area (Å²) in [4.78, 5) is 25.5. The van der Waals surface area contributed by atoms with Crippen molar-refractivity contribution in [1.29, 1.82) is 0 Å². The van der Waals surface area contributed by atoms with E-state index >= 15 is 0 Å². The second kappa shape index (κ2) is 10.1. The number of morpholine rings is 1. The molecule has 214 valence electrons. The summed E-state index contributed by atoms with van der Waals surface area (Å²) in [5, 5.41) is 5.91. The molecule has 43 heavy (non-hydrogen) atoms. The average Bonchev–Trinajstić information content (AvgIpc) is 3.49. The summed E-state index contributed by atoms with van der Waals surface area (Å²) >= 11 is 6.33. The van der Waals surface area contributed by atoms with Crippen molar-refractivity contribution in [1.82, 2.24) is 19.6 Å². The molecule has 2 aliphatic rings. The zero-order chi connectivity index (χ0) is 29.1. The fourth-order valence-electron chi connectivity index (χ4n) is 5.93. The van der Waals surface area contributed by atoms with E-state index in [4.69, 9.17) is 40.3 Å². The molecule has 0 spiro atoms. The van der Waals surface area contributed by atoms with E-state index in [2.05, 4.69) is 22.0 Å². The zero-order valence-electron chi connectivity index (χ0n) is 23.0. The Labute approximate surface area is 250 Å². The first-order valence-corrected chi connectivity index (χ1v) is 14.2. The molecule has 1 saturated heterocycles.